The Balaban J connectivity index is 2.08. The summed E-state index contributed by atoms with van der Waals surface area (Å²) in [5.74, 6) is 0.802. The summed E-state index contributed by atoms with van der Waals surface area (Å²) in [6.07, 6.45) is 0. The number of hydrogen-bond donors (Lipinski definition) is 0. The van der Waals surface area contributed by atoms with Crippen molar-refractivity contribution >= 4 is 5.69 Å². The van der Waals surface area contributed by atoms with Crippen LogP contribution in [0.15, 0.2) is 53.6 Å². The second-order valence-electron chi connectivity index (χ2n) is 3.91. The third kappa shape index (κ3) is 3.03. The molecule has 4 heteroatoms. The minimum atomic E-state index is 0.530. The van der Waals surface area contributed by atoms with E-state index in [1.165, 1.54) is 0 Å². The number of nitrogens with zero attached hydrogens (tertiary/aromatic N) is 3. The summed E-state index contributed by atoms with van der Waals surface area (Å²) < 4.78 is 5.72. The van der Waals surface area contributed by atoms with E-state index in [-0.39, 0.29) is 0 Å². The van der Waals surface area contributed by atoms with Crippen LogP contribution in [-0.2, 0) is 6.61 Å². The molecule has 2 rings (SSSR count). The molecule has 0 atom stereocenters. The lowest BCUT2D eigenvalue weighted by molar-refractivity contribution is 0.304. The van der Waals surface area contributed by atoms with Crippen LogP contribution in [0.25, 0.3) is 10.4 Å². The van der Waals surface area contributed by atoms with Gasteiger partial charge >= 0.3 is 0 Å². The van der Waals surface area contributed by atoms with E-state index < -0.39 is 0 Å². The third-order valence-corrected chi connectivity index (χ3v) is 2.56. The van der Waals surface area contributed by atoms with Crippen molar-refractivity contribution in [1.82, 2.24) is 0 Å². The van der Waals surface area contributed by atoms with E-state index in [9.17, 15) is 0 Å². The van der Waals surface area contributed by atoms with Crippen molar-refractivity contribution in [2.24, 2.45) is 5.11 Å². The van der Waals surface area contributed by atoms with Gasteiger partial charge in [-0.3, -0.25) is 0 Å². The fraction of sp³-hybridized carbons (Fsp3) is 0.143. The zero-order chi connectivity index (χ0) is 12.8. The highest BCUT2D eigenvalue weighted by atomic mass is 16.5. The molecule has 0 unspecified atom stereocenters. The van der Waals surface area contributed by atoms with E-state index in [2.05, 4.69) is 10.0 Å². The molecule has 0 saturated carbocycles. The van der Waals surface area contributed by atoms with Gasteiger partial charge in [0.25, 0.3) is 0 Å². The fourth-order valence-corrected chi connectivity index (χ4v) is 1.64. The van der Waals surface area contributed by atoms with Crippen molar-refractivity contribution in [1.29, 1.82) is 0 Å². The van der Waals surface area contributed by atoms with E-state index in [0.29, 0.717) is 12.3 Å². The molecule has 0 N–H and O–H groups in total. The normalized spacial score (nSPS) is 9.61. The van der Waals surface area contributed by atoms with Crippen molar-refractivity contribution < 1.29 is 4.74 Å². The number of benzene rings is 2. The molecule has 0 aromatic heterocycles. The van der Waals surface area contributed by atoms with Crippen LogP contribution in [0.4, 0.5) is 5.69 Å². The van der Waals surface area contributed by atoms with Crippen LogP contribution < -0.4 is 4.74 Å². The molecule has 0 heterocycles. The minimum absolute atomic E-state index is 0.530. The molecular formula is C14H13N3O. The first-order valence-electron chi connectivity index (χ1n) is 5.62. The van der Waals surface area contributed by atoms with Gasteiger partial charge in [0.15, 0.2) is 0 Å². The number of ether oxygens (including phenoxy) is 1. The highest BCUT2D eigenvalue weighted by Gasteiger charge is 2.01. The van der Waals surface area contributed by atoms with E-state index in [1.54, 1.807) is 12.1 Å². The Kier molecular flexibility index (Phi) is 3.84. The van der Waals surface area contributed by atoms with Gasteiger partial charge in [-0.15, -0.1) is 0 Å². The predicted octanol–water partition coefficient (Wildman–Crippen LogP) is 4.52. The lowest BCUT2D eigenvalue weighted by atomic mass is 10.2. The first-order valence-corrected chi connectivity index (χ1v) is 5.62. The zero-order valence-electron chi connectivity index (χ0n) is 10.1. The molecule has 2 aromatic rings. The predicted molar refractivity (Wildman–Crippen MR) is 70.8 cm³/mol. The highest BCUT2D eigenvalue weighted by molar-refractivity contribution is 5.46. The molecule has 0 saturated heterocycles. The summed E-state index contributed by atoms with van der Waals surface area (Å²) >= 11 is 0. The van der Waals surface area contributed by atoms with Crippen molar-refractivity contribution in [3.63, 3.8) is 0 Å². The monoisotopic (exact) mass is 239 g/mol. The van der Waals surface area contributed by atoms with Gasteiger partial charge in [0.05, 0.1) is 0 Å². The summed E-state index contributed by atoms with van der Waals surface area (Å²) in [5, 5.41) is 3.55. The number of rotatable bonds is 4. The molecule has 18 heavy (non-hydrogen) atoms. The Bertz CT molecular complexity index is 575. The molecule has 0 radical (unpaired) electrons. The van der Waals surface area contributed by atoms with E-state index in [0.717, 1.165) is 16.9 Å². The van der Waals surface area contributed by atoms with E-state index in [4.69, 9.17) is 10.3 Å². The van der Waals surface area contributed by atoms with Crippen LogP contribution >= 0.6 is 0 Å². The first-order chi connectivity index (χ1) is 8.79. The zero-order valence-corrected chi connectivity index (χ0v) is 10.1. The van der Waals surface area contributed by atoms with Gasteiger partial charge in [-0.25, -0.2) is 0 Å². The molecule has 0 bridgehead atoms. The van der Waals surface area contributed by atoms with Gasteiger partial charge in [-0.2, -0.15) is 0 Å². The minimum Gasteiger partial charge on any atom is -0.489 e. The average Bonchev–Trinajstić information content (AvgIpc) is 2.39. The maximum atomic E-state index is 8.36. The van der Waals surface area contributed by atoms with Gasteiger partial charge in [0, 0.05) is 10.6 Å². The number of hydrogen-bond acceptors (Lipinski definition) is 2. The van der Waals surface area contributed by atoms with Crippen LogP contribution in [0.1, 0.15) is 11.1 Å². The maximum absolute atomic E-state index is 8.36. The maximum Gasteiger partial charge on any atom is 0.122 e. The molecule has 0 aliphatic carbocycles. The molecule has 0 fully saturated rings. The van der Waals surface area contributed by atoms with Crippen LogP contribution in [0.3, 0.4) is 0 Å². The molecule has 0 amide bonds. The Morgan fingerprint density at radius 1 is 1.17 bits per heavy atom. The summed E-state index contributed by atoms with van der Waals surface area (Å²) in [7, 11) is 0. The molecule has 0 aliphatic rings. The molecule has 2 aromatic carbocycles. The van der Waals surface area contributed by atoms with Gasteiger partial charge in [0.2, 0.25) is 0 Å². The molecular weight excluding hydrogens is 226 g/mol. The van der Waals surface area contributed by atoms with Crippen LogP contribution in [0, 0.1) is 6.92 Å². The van der Waals surface area contributed by atoms with E-state index in [1.807, 2.05) is 43.3 Å². The summed E-state index contributed by atoms with van der Waals surface area (Å²) in [6, 6.07) is 15.3. The van der Waals surface area contributed by atoms with Gasteiger partial charge in [-0.05, 0) is 41.8 Å². The van der Waals surface area contributed by atoms with Crippen molar-refractivity contribution in [2.45, 2.75) is 13.5 Å². The van der Waals surface area contributed by atoms with Crippen molar-refractivity contribution in [2.75, 3.05) is 0 Å². The summed E-state index contributed by atoms with van der Waals surface area (Å²) in [5.41, 5.74) is 11.0. The second-order valence-corrected chi connectivity index (χ2v) is 3.91. The SMILES string of the molecule is Cc1cc(N=[N+]=[N-])ccc1OCc1ccccc1. The van der Waals surface area contributed by atoms with Crippen LogP contribution in [0.5, 0.6) is 5.75 Å². The number of aryl methyl sites for hydroxylation is 1. The van der Waals surface area contributed by atoms with Crippen molar-refractivity contribution in [3.8, 4) is 5.75 Å². The molecule has 90 valence electrons. The Morgan fingerprint density at radius 3 is 2.61 bits per heavy atom. The van der Waals surface area contributed by atoms with Gasteiger partial charge in [0.1, 0.15) is 12.4 Å². The summed E-state index contributed by atoms with van der Waals surface area (Å²) in [4.78, 5) is 2.75. The van der Waals surface area contributed by atoms with Gasteiger partial charge < -0.3 is 4.74 Å². The molecule has 0 aliphatic heterocycles. The number of azide groups is 1. The largest absolute Gasteiger partial charge is 0.489 e. The lowest BCUT2D eigenvalue weighted by Crippen LogP contribution is -1.96. The highest BCUT2D eigenvalue weighted by Crippen LogP contribution is 2.24. The molecule has 4 nitrogen and oxygen atoms in total. The lowest BCUT2D eigenvalue weighted by Gasteiger charge is -2.09. The second kappa shape index (κ2) is 5.75. The standard InChI is InChI=1S/C14H13N3O/c1-11-9-13(16-17-15)7-8-14(11)18-10-12-5-3-2-4-6-12/h2-9H,10H2,1H3. The average molecular weight is 239 g/mol. The Labute approximate surface area is 105 Å². The van der Waals surface area contributed by atoms with Crippen molar-refractivity contribution in [3.05, 3.63) is 70.1 Å². The smallest absolute Gasteiger partial charge is 0.122 e. The van der Waals surface area contributed by atoms with Crippen LogP contribution in [0.2, 0.25) is 0 Å². The molecule has 0 spiro atoms. The summed E-state index contributed by atoms with van der Waals surface area (Å²) in [6.45, 7) is 2.46. The Hall–Kier alpha value is -2.45. The fourth-order valence-electron chi connectivity index (χ4n) is 1.64. The van der Waals surface area contributed by atoms with E-state index >= 15 is 0 Å². The first kappa shape index (κ1) is 12.0. The quantitative estimate of drug-likeness (QED) is 0.439. The third-order valence-electron chi connectivity index (χ3n) is 2.56. The Morgan fingerprint density at radius 2 is 1.94 bits per heavy atom. The van der Waals surface area contributed by atoms with Gasteiger partial charge in [-0.1, -0.05) is 35.4 Å². The topological polar surface area (TPSA) is 58.0 Å². The van der Waals surface area contributed by atoms with Crippen LogP contribution in [-0.4, -0.2) is 0 Å².